The van der Waals surface area contributed by atoms with Crippen molar-refractivity contribution >= 4 is 5.78 Å². The summed E-state index contributed by atoms with van der Waals surface area (Å²) >= 11 is 0. The molecule has 0 fully saturated rings. The molecule has 0 N–H and O–H groups in total. The molecule has 0 saturated heterocycles. The van der Waals surface area contributed by atoms with Crippen molar-refractivity contribution in [3.8, 4) is 28.4 Å². The molecule has 6 rings (SSSR count). The van der Waals surface area contributed by atoms with E-state index < -0.39 is 0 Å². The SMILES string of the molecule is COc1c2c(cc3c1[C@H]([C@@H]1c4ccccc4-c4ccc(C(C)=O)cc41)N(C)CC3)OCO2. The number of hydrogen-bond donors (Lipinski definition) is 0. The Hall–Kier alpha value is -3.31. The highest BCUT2D eigenvalue weighted by Gasteiger charge is 2.43. The number of hydrogen-bond acceptors (Lipinski definition) is 5. The minimum absolute atomic E-state index is 0.0489. The number of ether oxygens (including phenoxy) is 3. The molecule has 3 aliphatic rings. The number of fused-ring (bicyclic) bond motifs is 5. The summed E-state index contributed by atoms with van der Waals surface area (Å²) in [6, 6.07) is 16.9. The monoisotopic (exact) mass is 427 g/mol. The first-order chi connectivity index (χ1) is 15.6. The number of carbonyl (C=O) groups is 1. The predicted molar refractivity (Wildman–Crippen MR) is 122 cm³/mol. The molecule has 0 spiro atoms. The molecule has 162 valence electrons. The molecule has 2 atom stereocenters. The van der Waals surface area contributed by atoms with Crippen molar-refractivity contribution in [2.75, 3.05) is 27.5 Å². The van der Waals surface area contributed by atoms with E-state index in [0.29, 0.717) is 5.75 Å². The number of likely N-dealkylation sites (N-methyl/N-ethyl adjacent to an activating group) is 1. The summed E-state index contributed by atoms with van der Waals surface area (Å²) in [5, 5.41) is 0. The van der Waals surface area contributed by atoms with Crippen LogP contribution in [0.15, 0.2) is 48.5 Å². The van der Waals surface area contributed by atoms with Gasteiger partial charge in [-0.15, -0.1) is 0 Å². The molecule has 0 amide bonds. The third kappa shape index (κ3) is 2.64. The standard InChI is InChI=1S/C27H25NO4/c1-15(29)16-8-9-19-18-6-4-5-7-20(18)24(21(19)12-16)25-23-17(10-11-28(25)2)13-22-26(27(23)30-3)32-14-31-22/h4-9,12-13,24-25H,10-11,14H2,1-3H3/t24-,25-/m1/s1. The van der Waals surface area contributed by atoms with E-state index in [2.05, 4.69) is 54.4 Å². The zero-order valence-electron chi connectivity index (χ0n) is 18.5. The molecule has 0 unspecified atom stereocenters. The van der Waals surface area contributed by atoms with Gasteiger partial charge in [0, 0.05) is 29.6 Å². The molecule has 0 saturated carbocycles. The number of benzene rings is 3. The second kappa shape index (κ2) is 7.10. The lowest BCUT2D eigenvalue weighted by Gasteiger charge is -2.40. The van der Waals surface area contributed by atoms with Crippen LogP contribution >= 0.6 is 0 Å². The normalized spacial score (nSPS) is 20.5. The van der Waals surface area contributed by atoms with Gasteiger partial charge in [-0.1, -0.05) is 36.4 Å². The molecule has 3 aromatic carbocycles. The van der Waals surface area contributed by atoms with Crippen LogP contribution in [0.4, 0.5) is 0 Å². The maximum atomic E-state index is 12.2. The van der Waals surface area contributed by atoms with Crippen molar-refractivity contribution in [1.29, 1.82) is 0 Å². The van der Waals surface area contributed by atoms with Crippen LogP contribution in [0.25, 0.3) is 11.1 Å². The van der Waals surface area contributed by atoms with Gasteiger partial charge >= 0.3 is 0 Å². The van der Waals surface area contributed by atoms with Crippen molar-refractivity contribution < 1.29 is 19.0 Å². The van der Waals surface area contributed by atoms with E-state index in [1.165, 1.54) is 27.8 Å². The third-order valence-electron chi connectivity index (χ3n) is 7.15. The Kier molecular flexibility index (Phi) is 4.30. The number of methoxy groups -OCH3 is 1. The lowest BCUT2D eigenvalue weighted by Crippen LogP contribution is -2.36. The van der Waals surface area contributed by atoms with Crippen molar-refractivity contribution in [3.05, 3.63) is 76.3 Å². The minimum Gasteiger partial charge on any atom is -0.492 e. The van der Waals surface area contributed by atoms with Gasteiger partial charge in [-0.05, 0) is 60.3 Å². The number of rotatable bonds is 3. The molecule has 0 radical (unpaired) electrons. The maximum absolute atomic E-state index is 12.2. The lowest BCUT2D eigenvalue weighted by molar-refractivity contribution is 0.101. The molecule has 0 aromatic heterocycles. The Labute approximate surface area is 187 Å². The van der Waals surface area contributed by atoms with Crippen molar-refractivity contribution in [3.63, 3.8) is 0 Å². The van der Waals surface area contributed by atoms with Gasteiger partial charge in [0.15, 0.2) is 17.3 Å². The molecule has 32 heavy (non-hydrogen) atoms. The van der Waals surface area contributed by atoms with Gasteiger partial charge in [0.25, 0.3) is 0 Å². The van der Waals surface area contributed by atoms with Crippen LogP contribution in [-0.4, -0.2) is 38.2 Å². The van der Waals surface area contributed by atoms with Gasteiger partial charge in [0.1, 0.15) is 0 Å². The van der Waals surface area contributed by atoms with Gasteiger partial charge in [-0.25, -0.2) is 0 Å². The number of ketones is 1. The highest BCUT2D eigenvalue weighted by atomic mass is 16.7. The van der Waals surface area contributed by atoms with Crippen LogP contribution in [0.3, 0.4) is 0 Å². The fraction of sp³-hybridized carbons (Fsp3) is 0.296. The van der Waals surface area contributed by atoms with E-state index in [-0.39, 0.29) is 24.5 Å². The summed E-state index contributed by atoms with van der Waals surface area (Å²) in [5.41, 5.74) is 8.07. The molecular weight excluding hydrogens is 402 g/mol. The Morgan fingerprint density at radius 2 is 1.88 bits per heavy atom. The summed E-state index contributed by atoms with van der Waals surface area (Å²) in [4.78, 5) is 14.6. The van der Waals surface area contributed by atoms with E-state index in [1.54, 1.807) is 14.0 Å². The quantitative estimate of drug-likeness (QED) is 0.553. The van der Waals surface area contributed by atoms with E-state index >= 15 is 0 Å². The average Bonchev–Trinajstić information content (AvgIpc) is 3.40. The van der Waals surface area contributed by atoms with Crippen LogP contribution in [-0.2, 0) is 6.42 Å². The Morgan fingerprint density at radius 3 is 2.69 bits per heavy atom. The molecule has 2 heterocycles. The topological polar surface area (TPSA) is 48.0 Å². The van der Waals surface area contributed by atoms with Gasteiger partial charge < -0.3 is 14.2 Å². The van der Waals surface area contributed by atoms with Gasteiger partial charge in [-0.3, -0.25) is 9.69 Å². The lowest BCUT2D eigenvalue weighted by atomic mass is 9.79. The van der Waals surface area contributed by atoms with Crippen LogP contribution in [0.1, 0.15) is 51.5 Å². The van der Waals surface area contributed by atoms with Crippen molar-refractivity contribution in [2.45, 2.75) is 25.3 Å². The fourth-order valence-corrected chi connectivity index (χ4v) is 5.69. The maximum Gasteiger partial charge on any atom is 0.231 e. The Balaban J connectivity index is 1.62. The molecule has 3 aromatic rings. The third-order valence-corrected chi connectivity index (χ3v) is 7.15. The molecule has 5 heteroatoms. The zero-order chi connectivity index (χ0) is 22.0. The van der Waals surface area contributed by atoms with Crippen LogP contribution < -0.4 is 14.2 Å². The summed E-state index contributed by atoms with van der Waals surface area (Å²) < 4.78 is 17.5. The first-order valence-corrected chi connectivity index (χ1v) is 11.0. The van der Waals surface area contributed by atoms with Gasteiger partial charge in [0.2, 0.25) is 12.5 Å². The summed E-state index contributed by atoms with van der Waals surface area (Å²) in [6.45, 7) is 2.78. The average molecular weight is 428 g/mol. The minimum atomic E-state index is 0.0489. The van der Waals surface area contributed by atoms with Crippen molar-refractivity contribution in [1.82, 2.24) is 4.90 Å². The first kappa shape index (κ1) is 19.4. The molecule has 1 aliphatic carbocycles. The molecule has 2 aliphatic heterocycles. The summed E-state index contributed by atoms with van der Waals surface area (Å²) in [6.07, 6.45) is 0.921. The molecule has 5 nitrogen and oxygen atoms in total. The molecule has 0 bridgehead atoms. The second-order valence-corrected chi connectivity index (χ2v) is 8.81. The van der Waals surface area contributed by atoms with E-state index in [0.717, 1.165) is 35.6 Å². The summed E-state index contributed by atoms with van der Waals surface area (Å²) in [5.74, 6) is 2.38. The van der Waals surface area contributed by atoms with Crippen molar-refractivity contribution in [2.24, 2.45) is 0 Å². The first-order valence-electron chi connectivity index (χ1n) is 11.0. The number of carbonyl (C=O) groups excluding carboxylic acids is 1. The highest BCUT2D eigenvalue weighted by Crippen LogP contribution is 2.57. The largest absolute Gasteiger partial charge is 0.492 e. The fourth-order valence-electron chi connectivity index (χ4n) is 5.69. The van der Waals surface area contributed by atoms with E-state index in [4.69, 9.17) is 14.2 Å². The zero-order valence-corrected chi connectivity index (χ0v) is 18.5. The Morgan fingerprint density at radius 1 is 1.06 bits per heavy atom. The number of Topliss-reactive ketones (excluding diaryl/α,β-unsaturated/α-hetero) is 1. The second-order valence-electron chi connectivity index (χ2n) is 8.81. The molecular formula is C27H25NO4. The van der Waals surface area contributed by atoms with Gasteiger partial charge in [0.05, 0.1) is 7.11 Å². The number of nitrogens with zero attached hydrogens (tertiary/aromatic N) is 1. The Bertz CT molecular complexity index is 1260. The van der Waals surface area contributed by atoms with Gasteiger partial charge in [-0.2, -0.15) is 0 Å². The van der Waals surface area contributed by atoms with Crippen LogP contribution in [0.5, 0.6) is 17.2 Å². The smallest absolute Gasteiger partial charge is 0.231 e. The van der Waals surface area contributed by atoms with E-state index in [1.807, 2.05) is 6.07 Å². The van der Waals surface area contributed by atoms with Crippen LogP contribution in [0, 0.1) is 0 Å². The summed E-state index contributed by atoms with van der Waals surface area (Å²) in [7, 11) is 3.88. The highest BCUT2D eigenvalue weighted by molar-refractivity contribution is 5.96. The van der Waals surface area contributed by atoms with Crippen LogP contribution in [0.2, 0.25) is 0 Å². The predicted octanol–water partition coefficient (Wildman–Crippen LogP) is 4.97. The van der Waals surface area contributed by atoms with E-state index in [9.17, 15) is 4.79 Å².